The third kappa shape index (κ3) is 5.84. The lowest BCUT2D eigenvalue weighted by atomic mass is 10.2. The van der Waals surface area contributed by atoms with Gasteiger partial charge in [0, 0.05) is 0 Å². The molecule has 0 aromatic rings. The van der Waals surface area contributed by atoms with Gasteiger partial charge < -0.3 is 4.74 Å². The summed E-state index contributed by atoms with van der Waals surface area (Å²) in [4.78, 5) is 21.8. The highest BCUT2D eigenvalue weighted by molar-refractivity contribution is 6.38. The molecule has 0 fully saturated rings. The first-order valence-corrected chi connectivity index (χ1v) is 4.08. The zero-order valence-electron chi connectivity index (χ0n) is 7.95. The van der Waals surface area contributed by atoms with Gasteiger partial charge in [-0.25, -0.2) is 4.79 Å². The molecule has 3 heteroatoms. The number of hydrogen-bond donors (Lipinski definition) is 0. The van der Waals surface area contributed by atoms with Crippen molar-refractivity contribution in [1.29, 1.82) is 0 Å². The van der Waals surface area contributed by atoms with Crippen LogP contribution in [0.2, 0.25) is 0 Å². The number of ketones is 1. The summed E-state index contributed by atoms with van der Waals surface area (Å²) in [6.45, 7) is 7.26. The molecule has 0 saturated heterocycles. The van der Waals surface area contributed by atoms with Crippen molar-refractivity contribution >= 4 is 11.8 Å². The van der Waals surface area contributed by atoms with Crippen LogP contribution in [0.15, 0.2) is 24.8 Å². The molecule has 0 unspecified atom stereocenters. The van der Waals surface area contributed by atoms with Crippen LogP contribution in [0.3, 0.4) is 0 Å². The molecular formula is C10H14O3. The Kier molecular flexibility index (Phi) is 5.52. The normalized spacial score (nSPS) is 10.4. The summed E-state index contributed by atoms with van der Waals surface area (Å²) >= 11 is 0. The lowest BCUT2D eigenvalue weighted by molar-refractivity contribution is -0.150. The highest BCUT2D eigenvalue weighted by Gasteiger charge is 2.10. The standard InChI is InChI=1S/C10H14O3/c1-4-7-13-10(12)9(11)6-5-8(2)3/h4-6,8H,1,7H2,2-3H3. The van der Waals surface area contributed by atoms with Gasteiger partial charge in [-0.05, 0) is 12.0 Å². The molecule has 0 aromatic carbocycles. The third-order valence-corrected chi connectivity index (χ3v) is 1.17. The molecule has 0 spiro atoms. The fourth-order valence-corrected chi connectivity index (χ4v) is 0.554. The number of allylic oxidation sites excluding steroid dienone is 1. The van der Waals surface area contributed by atoms with E-state index in [9.17, 15) is 9.59 Å². The Morgan fingerprint density at radius 3 is 2.54 bits per heavy atom. The van der Waals surface area contributed by atoms with E-state index in [1.54, 1.807) is 6.08 Å². The molecule has 72 valence electrons. The van der Waals surface area contributed by atoms with E-state index < -0.39 is 11.8 Å². The minimum Gasteiger partial charge on any atom is -0.455 e. The van der Waals surface area contributed by atoms with Crippen LogP contribution in [-0.2, 0) is 14.3 Å². The van der Waals surface area contributed by atoms with Crippen LogP contribution < -0.4 is 0 Å². The number of rotatable bonds is 5. The van der Waals surface area contributed by atoms with Crippen molar-refractivity contribution in [2.45, 2.75) is 13.8 Å². The Hall–Kier alpha value is -1.38. The van der Waals surface area contributed by atoms with E-state index in [1.807, 2.05) is 13.8 Å². The first-order chi connectivity index (χ1) is 6.07. The Morgan fingerprint density at radius 2 is 2.08 bits per heavy atom. The molecule has 0 rings (SSSR count). The maximum atomic E-state index is 11.0. The monoisotopic (exact) mass is 182 g/mol. The first-order valence-electron chi connectivity index (χ1n) is 4.08. The fourth-order valence-electron chi connectivity index (χ4n) is 0.554. The quantitative estimate of drug-likeness (QED) is 0.280. The smallest absolute Gasteiger partial charge is 0.379 e. The molecule has 0 bridgehead atoms. The molecule has 0 N–H and O–H groups in total. The van der Waals surface area contributed by atoms with E-state index in [1.165, 1.54) is 12.2 Å². The summed E-state index contributed by atoms with van der Waals surface area (Å²) in [5.74, 6) is -1.22. The van der Waals surface area contributed by atoms with E-state index in [4.69, 9.17) is 0 Å². The summed E-state index contributed by atoms with van der Waals surface area (Å²) in [5.41, 5.74) is 0. The van der Waals surface area contributed by atoms with E-state index in [0.717, 1.165) is 0 Å². The molecular weight excluding hydrogens is 168 g/mol. The Balaban J connectivity index is 3.96. The summed E-state index contributed by atoms with van der Waals surface area (Å²) in [7, 11) is 0. The van der Waals surface area contributed by atoms with Gasteiger partial charge in [0.2, 0.25) is 0 Å². The molecule has 13 heavy (non-hydrogen) atoms. The maximum absolute atomic E-state index is 11.0. The van der Waals surface area contributed by atoms with Gasteiger partial charge in [-0.2, -0.15) is 0 Å². The van der Waals surface area contributed by atoms with Crippen molar-refractivity contribution in [2.75, 3.05) is 6.61 Å². The van der Waals surface area contributed by atoms with Gasteiger partial charge in [0.15, 0.2) is 0 Å². The van der Waals surface area contributed by atoms with Gasteiger partial charge in [0.05, 0.1) is 0 Å². The zero-order valence-corrected chi connectivity index (χ0v) is 7.95. The van der Waals surface area contributed by atoms with Crippen LogP contribution in [0, 0.1) is 5.92 Å². The lowest BCUT2D eigenvalue weighted by Gasteiger charge is -1.97. The van der Waals surface area contributed by atoms with Crippen LogP contribution in [-0.4, -0.2) is 18.4 Å². The van der Waals surface area contributed by atoms with Crippen LogP contribution >= 0.6 is 0 Å². The topological polar surface area (TPSA) is 43.4 Å². The SMILES string of the molecule is C=CCOC(=O)C(=O)C=CC(C)C. The summed E-state index contributed by atoms with van der Waals surface area (Å²) in [5, 5.41) is 0. The summed E-state index contributed by atoms with van der Waals surface area (Å²) < 4.78 is 4.53. The molecule has 3 nitrogen and oxygen atoms in total. The van der Waals surface area contributed by atoms with Crippen molar-refractivity contribution in [1.82, 2.24) is 0 Å². The lowest BCUT2D eigenvalue weighted by Crippen LogP contribution is -2.15. The predicted molar refractivity (Wildman–Crippen MR) is 50.1 cm³/mol. The van der Waals surface area contributed by atoms with Crippen LogP contribution in [0.25, 0.3) is 0 Å². The van der Waals surface area contributed by atoms with E-state index >= 15 is 0 Å². The average Bonchev–Trinajstić information content (AvgIpc) is 2.10. The number of ether oxygens (including phenoxy) is 1. The Labute approximate surface area is 78.1 Å². The van der Waals surface area contributed by atoms with Gasteiger partial charge in [-0.1, -0.05) is 32.6 Å². The van der Waals surface area contributed by atoms with Crippen LogP contribution in [0.1, 0.15) is 13.8 Å². The minimum absolute atomic E-state index is 0.0695. The molecule has 0 aliphatic carbocycles. The van der Waals surface area contributed by atoms with Gasteiger partial charge in [-0.15, -0.1) is 0 Å². The minimum atomic E-state index is -0.836. The molecule has 0 atom stereocenters. The number of esters is 1. The molecule has 0 saturated carbocycles. The second kappa shape index (κ2) is 6.17. The number of carbonyl (C=O) groups excluding carboxylic acids is 2. The molecule has 0 aromatic heterocycles. The molecule has 0 amide bonds. The van der Waals surface area contributed by atoms with E-state index in [2.05, 4.69) is 11.3 Å². The van der Waals surface area contributed by atoms with E-state index in [-0.39, 0.29) is 12.5 Å². The second-order valence-corrected chi connectivity index (χ2v) is 2.85. The second-order valence-electron chi connectivity index (χ2n) is 2.85. The molecule has 0 aliphatic rings. The van der Waals surface area contributed by atoms with Gasteiger partial charge in [-0.3, -0.25) is 4.79 Å². The largest absolute Gasteiger partial charge is 0.455 e. The van der Waals surface area contributed by atoms with Crippen LogP contribution in [0.5, 0.6) is 0 Å². The van der Waals surface area contributed by atoms with Gasteiger partial charge >= 0.3 is 5.97 Å². The van der Waals surface area contributed by atoms with Gasteiger partial charge in [0.25, 0.3) is 5.78 Å². The first kappa shape index (κ1) is 11.6. The Morgan fingerprint density at radius 1 is 1.46 bits per heavy atom. The van der Waals surface area contributed by atoms with Crippen molar-refractivity contribution < 1.29 is 14.3 Å². The van der Waals surface area contributed by atoms with Gasteiger partial charge in [0.1, 0.15) is 6.61 Å². The van der Waals surface area contributed by atoms with Crippen LogP contribution in [0.4, 0.5) is 0 Å². The van der Waals surface area contributed by atoms with Crippen molar-refractivity contribution in [3.05, 3.63) is 24.8 Å². The third-order valence-electron chi connectivity index (χ3n) is 1.17. The fraction of sp³-hybridized carbons (Fsp3) is 0.400. The number of hydrogen-bond acceptors (Lipinski definition) is 3. The average molecular weight is 182 g/mol. The zero-order chi connectivity index (χ0) is 10.3. The van der Waals surface area contributed by atoms with Crippen molar-refractivity contribution in [3.63, 3.8) is 0 Å². The van der Waals surface area contributed by atoms with E-state index in [0.29, 0.717) is 0 Å². The molecule has 0 aliphatic heterocycles. The summed E-state index contributed by atoms with van der Waals surface area (Å²) in [6, 6.07) is 0. The summed E-state index contributed by atoms with van der Waals surface area (Å²) in [6.07, 6.45) is 4.30. The Bertz CT molecular complexity index is 226. The van der Waals surface area contributed by atoms with Crippen molar-refractivity contribution in [2.24, 2.45) is 5.92 Å². The molecule has 0 heterocycles. The number of carbonyl (C=O) groups is 2. The van der Waals surface area contributed by atoms with Crippen molar-refractivity contribution in [3.8, 4) is 0 Å². The highest BCUT2D eigenvalue weighted by Crippen LogP contribution is 1.94. The maximum Gasteiger partial charge on any atom is 0.379 e. The molecule has 0 radical (unpaired) electrons. The predicted octanol–water partition coefficient (Wildman–Crippen LogP) is 1.50. The highest BCUT2D eigenvalue weighted by atomic mass is 16.5.